The molecule has 0 aliphatic carbocycles. The molecule has 0 N–H and O–H groups in total. The zero-order valence-electron chi connectivity index (χ0n) is 8.96. The van der Waals surface area contributed by atoms with Crippen molar-refractivity contribution in [1.82, 2.24) is 0 Å². The van der Waals surface area contributed by atoms with Gasteiger partial charge in [-0.2, -0.15) is 13.2 Å². The molecule has 1 saturated heterocycles. The molecule has 17 heavy (non-hydrogen) atoms. The molecule has 1 aromatic rings. The Hall–Kier alpha value is -0.550. The third-order valence-electron chi connectivity index (χ3n) is 2.31. The van der Waals surface area contributed by atoms with Crippen molar-refractivity contribution < 1.29 is 13.2 Å². The first-order valence-electron chi connectivity index (χ1n) is 5.21. The van der Waals surface area contributed by atoms with Gasteiger partial charge >= 0.3 is 6.18 Å². The van der Waals surface area contributed by atoms with Gasteiger partial charge in [-0.1, -0.05) is 30.3 Å². The number of halogens is 3. The second kappa shape index (κ2) is 5.40. The van der Waals surface area contributed by atoms with Gasteiger partial charge in [-0.3, -0.25) is 0 Å². The zero-order valence-corrected chi connectivity index (χ0v) is 10.6. The van der Waals surface area contributed by atoms with Crippen molar-refractivity contribution in [2.24, 2.45) is 0 Å². The highest BCUT2D eigenvalue weighted by Gasteiger charge is 2.38. The minimum absolute atomic E-state index is 0.261. The standard InChI is InChI=1S/C12H11F3S2/c13-12(14,15)10(9-5-2-1-3-6-9)11-16-7-4-8-17-11/h1-3,5-6H,4,7-8H2. The maximum atomic E-state index is 13.1. The van der Waals surface area contributed by atoms with Crippen LogP contribution in [0.5, 0.6) is 0 Å². The van der Waals surface area contributed by atoms with Crippen LogP contribution in [0.2, 0.25) is 0 Å². The van der Waals surface area contributed by atoms with E-state index in [1.165, 1.54) is 35.7 Å². The van der Waals surface area contributed by atoms with E-state index in [1.807, 2.05) is 0 Å². The fourth-order valence-electron chi connectivity index (χ4n) is 1.58. The van der Waals surface area contributed by atoms with Gasteiger partial charge in [0.1, 0.15) is 0 Å². The average molecular weight is 276 g/mol. The Morgan fingerprint density at radius 2 is 1.59 bits per heavy atom. The van der Waals surface area contributed by atoms with Crippen molar-refractivity contribution >= 4 is 29.1 Å². The van der Waals surface area contributed by atoms with Gasteiger partial charge in [-0.05, 0) is 23.5 Å². The maximum absolute atomic E-state index is 13.1. The number of thioether (sulfide) groups is 2. The van der Waals surface area contributed by atoms with Crippen LogP contribution in [0.15, 0.2) is 34.6 Å². The molecule has 1 heterocycles. The Morgan fingerprint density at radius 3 is 2.12 bits per heavy atom. The normalized spacial score (nSPS) is 17.0. The number of benzene rings is 1. The lowest BCUT2D eigenvalue weighted by Crippen LogP contribution is -2.13. The van der Waals surface area contributed by atoms with E-state index in [-0.39, 0.29) is 5.56 Å². The van der Waals surface area contributed by atoms with Crippen molar-refractivity contribution in [3.05, 3.63) is 40.1 Å². The average Bonchev–Trinajstić information content (AvgIpc) is 2.30. The summed E-state index contributed by atoms with van der Waals surface area (Å²) in [4.78, 5) is 0. The predicted molar refractivity (Wildman–Crippen MR) is 69.0 cm³/mol. The number of rotatable bonds is 1. The van der Waals surface area contributed by atoms with Gasteiger partial charge in [0.25, 0.3) is 0 Å². The quantitative estimate of drug-likeness (QED) is 0.723. The summed E-state index contributed by atoms with van der Waals surface area (Å²) in [5.74, 6) is 1.55. The molecular weight excluding hydrogens is 265 g/mol. The second-order valence-electron chi connectivity index (χ2n) is 3.58. The molecule has 1 aliphatic heterocycles. The smallest absolute Gasteiger partial charge is 0.166 e. The molecular formula is C12H11F3S2. The Morgan fingerprint density at radius 1 is 1.00 bits per heavy atom. The highest BCUT2D eigenvalue weighted by atomic mass is 32.2. The van der Waals surface area contributed by atoms with E-state index in [0.29, 0.717) is 4.24 Å². The van der Waals surface area contributed by atoms with Crippen LogP contribution in [0.1, 0.15) is 12.0 Å². The van der Waals surface area contributed by atoms with Crippen molar-refractivity contribution in [2.45, 2.75) is 12.6 Å². The molecule has 5 heteroatoms. The summed E-state index contributed by atoms with van der Waals surface area (Å²) in [6, 6.07) is 8.04. The van der Waals surface area contributed by atoms with Crippen LogP contribution in [-0.2, 0) is 0 Å². The fourth-order valence-corrected chi connectivity index (χ4v) is 4.30. The Kier molecular flexibility index (Phi) is 4.09. The van der Waals surface area contributed by atoms with Crippen molar-refractivity contribution in [2.75, 3.05) is 11.5 Å². The monoisotopic (exact) mass is 276 g/mol. The largest absolute Gasteiger partial charge is 0.418 e. The highest BCUT2D eigenvalue weighted by Crippen LogP contribution is 2.46. The molecule has 2 rings (SSSR count). The molecule has 1 aliphatic rings. The van der Waals surface area contributed by atoms with Gasteiger partial charge in [0, 0.05) is 0 Å². The zero-order chi connectivity index (χ0) is 12.3. The summed E-state index contributed by atoms with van der Waals surface area (Å²) >= 11 is 2.63. The number of allylic oxidation sites excluding steroid dienone is 1. The summed E-state index contributed by atoms with van der Waals surface area (Å²) in [5.41, 5.74) is -0.218. The summed E-state index contributed by atoms with van der Waals surface area (Å²) in [7, 11) is 0. The third kappa shape index (κ3) is 3.22. The van der Waals surface area contributed by atoms with E-state index >= 15 is 0 Å². The first kappa shape index (κ1) is 12.9. The van der Waals surface area contributed by atoms with Gasteiger partial charge in [-0.25, -0.2) is 0 Å². The van der Waals surface area contributed by atoms with E-state index in [1.54, 1.807) is 18.2 Å². The minimum Gasteiger partial charge on any atom is -0.166 e. The Labute approximate surface area is 107 Å². The first-order valence-corrected chi connectivity index (χ1v) is 7.18. The molecule has 0 bridgehead atoms. The van der Waals surface area contributed by atoms with E-state index in [2.05, 4.69) is 0 Å². The molecule has 0 aromatic heterocycles. The van der Waals surface area contributed by atoms with Gasteiger partial charge in [0.2, 0.25) is 0 Å². The molecule has 0 saturated carbocycles. The first-order chi connectivity index (χ1) is 8.09. The SMILES string of the molecule is FC(F)(F)C(=C1SCCCS1)c1ccccc1. The van der Waals surface area contributed by atoms with Gasteiger partial charge in [-0.15, -0.1) is 23.5 Å². The Balaban J connectivity index is 2.45. The van der Waals surface area contributed by atoms with E-state index in [0.717, 1.165) is 17.9 Å². The van der Waals surface area contributed by atoms with E-state index in [4.69, 9.17) is 0 Å². The lowest BCUT2D eigenvalue weighted by Gasteiger charge is -2.20. The molecule has 0 amide bonds. The molecule has 0 unspecified atom stereocenters. The maximum Gasteiger partial charge on any atom is 0.418 e. The third-order valence-corrected chi connectivity index (χ3v) is 4.93. The fraction of sp³-hybridized carbons (Fsp3) is 0.333. The Bertz CT molecular complexity index is 402. The molecule has 0 radical (unpaired) electrons. The summed E-state index contributed by atoms with van der Waals surface area (Å²) in [5, 5.41) is 0. The van der Waals surface area contributed by atoms with Crippen molar-refractivity contribution in [3.8, 4) is 0 Å². The van der Waals surface area contributed by atoms with E-state index < -0.39 is 11.7 Å². The van der Waals surface area contributed by atoms with Gasteiger partial charge in [0.15, 0.2) is 0 Å². The topological polar surface area (TPSA) is 0 Å². The van der Waals surface area contributed by atoms with Gasteiger partial charge < -0.3 is 0 Å². The van der Waals surface area contributed by atoms with Gasteiger partial charge in [0.05, 0.1) is 9.81 Å². The number of alkyl halides is 3. The van der Waals surface area contributed by atoms with Crippen molar-refractivity contribution in [1.29, 1.82) is 0 Å². The molecule has 92 valence electrons. The van der Waals surface area contributed by atoms with Crippen LogP contribution >= 0.6 is 23.5 Å². The van der Waals surface area contributed by atoms with Crippen LogP contribution in [0, 0.1) is 0 Å². The van der Waals surface area contributed by atoms with Crippen LogP contribution in [0.3, 0.4) is 0 Å². The minimum atomic E-state index is -4.28. The van der Waals surface area contributed by atoms with E-state index in [9.17, 15) is 13.2 Å². The van der Waals surface area contributed by atoms with Crippen LogP contribution < -0.4 is 0 Å². The summed E-state index contributed by atoms with van der Waals surface area (Å²) < 4.78 is 39.7. The number of hydrogen-bond donors (Lipinski definition) is 0. The van der Waals surface area contributed by atoms with Crippen LogP contribution in [-0.4, -0.2) is 17.7 Å². The molecule has 0 spiro atoms. The van der Waals surface area contributed by atoms with Crippen LogP contribution in [0.25, 0.3) is 5.57 Å². The highest BCUT2D eigenvalue weighted by molar-refractivity contribution is 8.23. The van der Waals surface area contributed by atoms with Crippen LogP contribution in [0.4, 0.5) is 13.2 Å². The van der Waals surface area contributed by atoms with Crippen molar-refractivity contribution in [3.63, 3.8) is 0 Å². The number of hydrogen-bond acceptors (Lipinski definition) is 2. The molecule has 0 nitrogen and oxygen atoms in total. The second-order valence-corrected chi connectivity index (χ2v) is 6.05. The lowest BCUT2D eigenvalue weighted by molar-refractivity contribution is -0.0688. The molecule has 1 fully saturated rings. The lowest BCUT2D eigenvalue weighted by atomic mass is 10.1. The summed E-state index contributed by atoms with van der Waals surface area (Å²) in [6.07, 6.45) is -3.31. The summed E-state index contributed by atoms with van der Waals surface area (Å²) in [6.45, 7) is 0. The predicted octanol–water partition coefficient (Wildman–Crippen LogP) is 4.79. The molecule has 1 aromatic carbocycles. The molecule has 0 atom stereocenters.